The van der Waals surface area contributed by atoms with Crippen LogP contribution in [0.2, 0.25) is 0 Å². The number of hydrogen-bond acceptors (Lipinski definition) is 5. The number of ether oxygens (including phenoxy) is 3. The molecule has 2 aliphatic heterocycles. The number of hydrogen-bond donors (Lipinski definition) is 1. The average molecular weight is 406 g/mol. The number of benzene rings is 1. The van der Waals surface area contributed by atoms with Crippen LogP contribution in [0.4, 0.5) is 10.5 Å². The Morgan fingerprint density at radius 2 is 1.52 bits per heavy atom. The van der Waals surface area contributed by atoms with Gasteiger partial charge >= 0.3 is 6.03 Å². The van der Waals surface area contributed by atoms with Crippen LogP contribution in [0.25, 0.3) is 0 Å². The van der Waals surface area contributed by atoms with Crippen LogP contribution in [0, 0.1) is 5.92 Å². The van der Waals surface area contributed by atoms with Crippen LogP contribution in [0.15, 0.2) is 12.1 Å². The van der Waals surface area contributed by atoms with Gasteiger partial charge in [0.05, 0.1) is 27.0 Å². The zero-order valence-corrected chi connectivity index (χ0v) is 18.0. The van der Waals surface area contributed by atoms with Crippen molar-refractivity contribution in [3.63, 3.8) is 0 Å². The summed E-state index contributed by atoms with van der Waals surface area (Å²) in [5, 5.41) is 2.98. The lowest BCUT2D eigenvalue weighted by Gasteiger charge is -2.34. The van der Waals surface area contributed by atoms with E-state index in [-0.39, 0.29) is 6.03 Å². The minimum Gasteiger partial charge on any atom is -0.493 e. The lowest BCUT2D eigenvalue weighted by atomic mass is 9.96. The molecule has 0 unspecified atom stereocenters. The van der Waals surface area contributed by atoms with E-state index in [0.29, 0.717) is 28.9 Å². The maximum absolute atomic E-state index is 12.8. The molecule has 0 bridgehead atoms. The first-order chi connectivity index (χ1) is 14.1. The quantitative estimate of drug-likeness (QED) is 0.779. The zero-order chi connectivity index (χ0) is 20.6. The van der Waals surface area contributed by atoms with Crippen LogP contribution in [-0.2, 0) is 0 Å². The van der Waals surface area contributed by atoms with Crippen molar-refractivity contribution in [2.45, 2.75) is 38.5 Å². The number of rotatable bonds is 6. The van der Waals surface area contributed by atoms with E-state index in [1.165, 1.54) is 45.3 Å². The molecule has 29 heavy (non-hydrogen) atoms. The van der Waals surface area contributed by atoms with Gasteiger partial charge in [-0.3, -0.25) is 0 Å². The normalized spacial score (nSPS) is 18.8. The SMILES string of the molecule is COc1cc(NC(=O)N2CCC(CN3CCCCCC3)CC2)cc(OC)c1OC. The van der Waals surface area contributed by atoms with E-state index in [1.807, 2.05) is 4.90 Å². The van der Waals surface area contributed by atoms with Crippen LogP contribution < -0.4 is 19.5 Å². The third kappa shape index (κ3) is 5.69. The van der Waals surface area contributed by atoms with E-state index < -0.39 is 0 Å². The molecule has 0 saturated carbocycles. The van der Waals surface area contributed by atoms with Crippen molar-refractivity contribution in [1.82, 2.24) is 9.80 Å². The van der Waals surface area contributed by atoms with Crippen molar-refractivity contribution in [3.05, 3.63) is 12.1 Å². The average Bonchev–Trinajstić information content (AvgIpc) is 3.02. The molecule has 7 heteroatoms. The van der Waals surface area contributed by atoms with Gasteiger partial charge in [-0.15, -0.1) is 0 Å². The van der Waals surface area contributed by atoms with Crippen molar-refractivity contribution in [3.8, 4) is 17.2 Å². The first-order valence-electron chi connectivity index (χ1n) is 10.7. The third-order valence-electron chi connectivity index (χ3n) is 6.03. The summed E-state index contributed by atoms with van der Waals surface area (Å²) in [6.45, 7) is 5.26. The number of likely N-dealkylation sites (tertiary alicyclic amines) is 2. The fourth-order valence-electron chi connectivity index (χ4n) is 4.36. The van der Waals surface area contributed by atoms with Gasteiger partial charge in [-0.25, -0.2) is 4.79 Å². The Labute approximate surface area is 174 Å². The van der Waals surface area contributed by atoms with Gasteiger partial charge in [-0.1, -0.05) is 12.8 Å². The van der Waals surface area contributed by atoms with Crippen LogP contribution in [0.5, 0.6) is 17.2 Å². The summed E-state index contributed by atoms with van der Waals surface area (Å²) in [6, 6.07) is 3.43. The number of anilines is 1. The van der Waals surface area contributed by atoms with E-state index in [1.54, 1.807) is 33.5 Å². The smallest absolute Gasteiger partial charge is 0.321 e. The van der Waals surface area contributed by atoms with Crippen molar-refractivity contribution in [2.75, 3.05) is 59.4 Å². The summed E-state index contributed by atoms with van der Waals surface area (Å²) in [6.07, 6.45) is 7.54. The summed E-state index contributed by atoms with van der Waals surface area (Å²) in [7, 11) is 4.70. The summed E-state index contributed by atoms with van der Waals surface area (Å²) in [5.74, 6) is 2.26. The molecule has 2 aliphatic rings. The topological polar surface area (TPSA) is 63.3 Å². The molecule has 0 atom stereocenters. The maximum Gasteiger partial charge on any atom is 0.321 e. The number of carbonyl (C=O) groups is 1. The Balaban J connectivity index is 1.53. The molecule has 0 aromatic heterocycles. The number of nitrogens with zero attached hydrogens (tertiary/aromatic N) is 2. The monoisotopic (exact) mass is 405 g/mol. The number of methoxy groups -OCH3 is 3. The first-order valence-corrected chi connectivity index (χ1v) is 10.7. The number of piperidine rings is 1. The van der Waals surface area contributed by atoms with Crippen LogP contribution in [0.1, 0.15) is 38.5 Å². The van der Waals surface area contributed by atoms with Gasteiger partial charge in [0.2, 0.25) is 5.75 Å². The highest BCUT2D eigenvalue weighted by Gasteiger charge is 2.25. The number of urea groups is 1. The van der Waals surface area contributed by atoms with Crippen LogP contribution in [0.3, 0.4) is 0 Å². The minimum atomic E-state index is -0.0764. The zero-order valence-electron chi connectivity index (χ0n) is 18.0. The molecule has 3 rings (SSSR count). The van der Waals surface area contributed by atoms with E-state index in [2.05, 4.69) is 10.2 Å². The summed E-state index contributed by atoms with van der Waals surface area (Å²) < 4.78 is 16.1. The van der Waals surface area contributed by atoms with Gasteiger partial charge < -0.3 is 29.3 Å². The minimum absolute atomic E-state index is 0.0764. The lowest BCUT2D eigenvalue weighted by molar-refractivity contribution is 0.155. The largest absolute Gasteiger partial charge is 0.493 e. The molecule has 1 N–H and O–H groups in total. The highest BCUT2D eigenvalue weighted by Crippen LogP contribution is 2.40. The van der Waals surface area contributed by atoms with E-state index in [9.17, 15) is 4.79 Å². The summed E-state index contributed by atoms with van der Waals surface area (Å²) >= 11 is 0. The molecule has 2 heterocycles. The Hall–Kier alpha value is -2.15. The van der Waals surface area contributed by atoms with E-state index in [0.717, 1.165) is 25.9 Å². The van der Waals surface area contributed by atoms with E-state index in [4.69, 9.17) is 14.2 Å². The van der Waals surface area contributed by atoms with Crippen molar-refractivity contribution >= 4 is 11.7 Å². The molecule has 0 spiro atoms. The van der Waals surface area contributed by atoms with Gasteiger partial charge in [0.1, 0.15) is 0 Å². The van der Waals surface area contributed by atoms with Gasteiger partial charge in [-0.2, -0.15) is 0 Å². The molecule has 7 nitrogen and oxygen atoms in total. The van der Waals surface area contributed by atoms with E-state index >= 15 is 0 Å². The van der Waals surface area contributed by atoms with Crippen LogP contribution >= 0.6 is 0 Å². The lowest BCUT2D eigenvalue weighted by Crippen LogP contribution is -2.43. The van der Waals surface area contributed by atoms with Crippen molar-refractivity contribution < 1.29 is 19.0 Å². The summed E-state index contributed by atoms with van der Waals surface area (Å²) in [4.78, 5) is 17.3. The predicted octanol–water partition coefficient (Wildman–Crippen LogP) is 3.83. The maximum atomic E-state index is 12.8. The first kappa shape index (κ1) is 21.6. The fraction of sp³-hybridized carbons (Fsp3) is 0.682. The molecular weight excluding hydrogens is 370 g/mol. The molecule has 2 fully saturated rings. The van der Waals surface area contributed by atoms with Gasteiger partial charge in [0.15, 0.2) is 11.5 Å². The second-order valence-electron chi connectivity index (χ2n) is 7.99. The van der Waals surface area contributed by atoms with Crippen molar-refractivity contribution in [1.29, 1.82) is 0 Å². The molecule has 162 valence electrons. The molecule has 0 aliphatic carbocycles. The van der Waals surface area contributed by atoms with Crippen molar-refractivity contribution in [2.24, 2.45) is 5.92 Å². The number of nitrogens with one attached hydrogen (secondary N) is 1. The van der Waals surface area contributed by atoms with Gasteiger partial charge in [-0.05, 0) is 44.7 Å². The molecule has 2 amide bonds. The second-order valence-corrected chi connectivity index (χ2v) is 7.99. The third-order valence-corrected chi connectivity index (χ3v) is 6.03. The summed E-state index contributed by atoms with van der Waals surface area (Å²) in [5.41, 5.74) is 0.635. The fourth-order valence-corrected chi connectivity index (χ4v) is 4.36. The molecule has 0 radical (unpaired) electrons. The number of carbonyl (C=O) groups excluding carboxylic acids is 1. The highest BCUT2D eigenvalue weighted by atomic mass is 16.5. The Kier molecular flexibility index (Phi) is 7.86. The van der Waals surface area contributed by atoms with Gasteiger partial charge in [0, 0.05) is 31.8 Å². The highest BCUT2D eigenvalue weighted by molar-refractivity contribution is 5.90. The molecule has 1 aromatic rings. The Morgan fingerprint density at radius 1 is 0.931 bits per heavy atom. The predicted molar refractivity (Wildman–Crippen MR) is 114 cm³/mol. The molecule has 2 saturated heterocycles. The molecule has 1 aromatic carbocycles. The van der Waals surface area contributed by atoms with Gasteiger partial charge in [0.25, 0.3) is 0 Å². The Morgan fingerprint density at radius 3 is 2.03 bits per heavy atom. The van der Waals surface area contributed by atoms with Crippen LogP contribution in [-0.4, -0.2) is 69.9 Å². The second kappa shape index (κ2) is 10.6. The number of amides is 2. The standard InChI is InChI=1S/C22H35N3O4/c1-27-19-14-18(15-20(28-2)21(19)29-3)23-22(26)25-12-8-17(9-13-25)16-24-10-6-4-5-7-11-24/h14-15,17H,4-13,16H2,1-3H3,(H,23,26). The molecular formula is C22H35N3O4. The Bertz CT molecular complexity index is 641.